The Hall–Kier alpha value is -2.40. The van der Waals surface area contributed by atoms with Crippen LogP contribution < -0.4 is 15.0 Å². The van der Waals surface area contributed by atoms with E-state index in [0.29, 0.717) is 36.7 Å². The molecule has 0 aromatic carbocycles. The van der Waals surface area contributed by atoms with Gasteiger partial charge in [-0.1, -0.05) is 27.7 Å². The first-order chi connectivity index (χ1) is 14.3. The summed E-state index contributed by atoms with van der Waals surface area (Å²) in [4.78, 5) is 28.9. The van der Waals surface area contributed by atoms with E-state index in [1.165, 1.54) is 6.20 Å². The molecule has 3 rings (SSSR count). The zero-order valence-electron chi connectivity index (χ0n) is 19.0. The van der Waals surface area contributed by atoms with Gasteiger partial charge in [0, 0.05) is 31.0 Å². The molecule has 11 heteroatoms. The molecular formula is C20H32N4O6Si. The first-order valence-corrected chi connectivity index (χ1v) is 13.4. The summed E-state index contributed by atoms with van der Waals surface area (Å²) >= 11 is 0. The Labute approximate surface area is 183 Å². The van der Waals surface area contributed by atoms with Crippen LogP contribution in [0, 0.1) is 16.0 Å². The molecule has 10 nitrogen and oxygen atoms in total. The maximum atomic E-state index is 11.7. The van der Waals surface area contributed by atoms with Crippen molar-refractivity contribution in [1.29, 1.82) is 0 Å². The predicted octanol–water partition coefficient (Wildman–Crippen LogP) is 3.41. The monoisotopic (exact) mass is 452 g/mol. The second kappa shape index (κ2) is 8.27. The van der Waals surface area contributed by atoms with Crippen LogP contribution in [-0.2, 0) is 10.8 Å². The first kappa shape index (κ1) is 23.3. The topological polar surface area (TPSA) is 127 Å². The molecule has 0 radical (unpaired) electrons. The van der Waals surface area contributed by atoms with Crippen LogP contribution in [0.5, 0.6) is 5.88 Å². The molecule has 1 saturated heterocycles. The summed E-state index contributed by atoms with van der Waals surface area (Å²) in [5, 5.41) is 23.8. The number of nitrogens with zero attached hydrogens (tertiary/aromatic N) is 3. The number of ether oxygens (including phenoxy) is 1. The number of anilines is 1. The van der Waals surface area contributed by atoms with Crippen LogP contribution in [0.1, 0.15) is 33.3 Å². The number of fused-ring (bicyclic) bond motifs is 1. The molecule has 0 aliphatic carbocycles. The number of aromatic nitrogens is 1. The molecule has 0 saturated carbocycles. The van der Waals surface area contributed by atoms with Crippen molar-refractivity contribution in [2.45, 2.75) is 64.4 Å². The highest BCUT2D eigenvalue weighted by atomic mass is 28.4. The zero-order valence-corrected chi connectivity index (χ0v) is 20.0. The van der Waals surface area contributed by atoms with Crippen molar-refractivity contribution in [3.8, 4) is 5.88 Å². The summed E-state index contributed by atoms with van der Waals surface area (Å²) in [7, 11) is -2.16. The summed E-state index contributed by atoms with van der Waals surface area (Å²) in [6.45, 7) is 13.9. The van der Waals surface area contributed by atoms with Gasteiger partial charge in [-0.2, -0.15) is 0 Å². The van der Waals surface area contributed by atoms with Crippen molar-refractivity contribution in [2.75, 3.05) is 24.6 Å². The number of pyridine rings is 1. The molecule has 2 aliphatic rings. The first-order valence-electron chi connectivity index (χ1n) is 10.5. The Morgan fingerprint density at radius 2 is 2.10 bits per heavy atom. The Morgan fingerprint density at radius 3 is 2.68 bits per heavy atom. The van der Waals surface area contributed by atoms with Crippen molar-refractivity contribution < 1.29 is 24.0 Å². The second-order valence-corrected chi connectivity index (χ2v) is 14.7. The lowest BCUT2D eigenvalue weighted by atomic mass is 9.91. The highest BCUT2D eigenvalue weighted by Gasteiger charge is 2.46. The number of hydrogen-bond donors (Lipinski definition) is 2. The van der Waals surface area contributed by atoms with Gasteiger partial charge in [-0.3, -0.25) is 10.1 Å². The van der Waals surface area contributed by atoms with Crippen molar-refractivity contribution in [1.82, 2.24) is 10.3 Å². The Balaban J connectivity index is 1.97. The van der Waals surface area contributed by atoms with Crippen molar-refractivity contribution in [3.05, 3.63) is 21.9 Å². The highest BCUT2D eigenvalue weighted by molar-refractivity contribution is 6.74. The fourth-order valence-corrected chi connectivity index (χ4v) is 5.48. The number of amides is 1. The van der Waals surface area contributed by atoms with Crippen molar-refractivity contribution in [3.63, 3.8) is 0 Å². The van der Waals surface area contributed by atoms with E-state index in [1.807, 2.05) is 11.8 Å². The molecule has 1 fully saturated rings. The molecule has 3 heterocycles. The summed E-state index contributed by atoms with van der Waals surface area (Å²) < 4.78 is 12.2. The van der Waals surface area contributed by atoms with Crippen LogP contribution in [0.15, 0.2) is 6.20 Å². The van der Waals surface area contributed by atoms with Gasteiger partial charge in [-0.05, 0) is 18.1 Å². The number of piperidine rings is 1. The molecule has 1 amide bonds. The second-order valence-electron chi connectivity index (χ2n) is 9.91. The molecule has 172 valence electrons. The molecule has 2 N–H and O–H groups in total. The Kier molecular flexibility index (Phi) is 6.20. The lowest BCUT2D eigenvalue weighted by molar-refractivity contribution is -0.384. The van der Waals surface area contributed by atoms with E-state index < -0.39 is 25.4 Å². The molecule has 0 unspecified atom stereocenters. The number of carboxylic acid groups (broad SMARTS) is 1. The quantitative estimate of drug-likeness (QED) is 0.395. The summed E-state index contributed by atoms with van der Waals surface area (Å²) in [5.74, 6) is 0.362. The molecule has 0 bridgehead atoms. The summed E-state index contributed by atoms with van der Waals surface area (Å²) in [6, 6.07) is -0.527. The molecule has 0 spiro atoms. The van der Waals surface area contributed by atoms with Gasteiger partial charge in [0.25, 0.3) is 0 Å². The number of hydrogen-bond acceptors (Lipinski definition) is 7. The lowest BCUT2D eigenvalue weighted by Crippen LogP contribution is -2.62. The normalized spacial score (nSPS) is 23.8. The van der Waals surface area contributed by atoms with Crippen LogP contribution in [0.4, 0.5) is 16.2 Å². The van der Waals surface area contributed by atoms with E-state index in [9.17, 15) is 20.0 Å². The third kappa shape index (κ3) is 4.61. The minimum Gasteiger partial charge on any atom is -0.477 e. The van der Waals surface area contributed by atoms with Crippen molar-refractivity contribution in [2.24, 2.45) is 5.92 Å². The van der Waals surface area contributed by atoms with Gasteiger partial charge in [-0.15, -0.1) is 0 Å². The number of nitrogens with one attached hydrogen (secondary N) is 1. The van der Waals surface area contributed by atoms with Crippen LogP contribution in [0.2, 0.25) is 18.1 Å². The molecular weight excluding hydrogens is 420 g/mol. The number of nitro groups is 1. The molecule has 1 aromatic heterocycles. The highest BCUT2D eigenvalue weighted by Crippen LogP contribution is 2.43. The molecule has 2 aliphatic heterocycles. The minimum atomic E-state index is -2.16. The van der Waals surface area contributed by atoms with Gasteiger partial charge in [0.2, 0.25) is 5.88 Å². The third-order valence-corrected chi connectivity index (χ3v) is 11.1. The molecule has 31 heavy (non-hydrogen) atoms. The van der Waals surface area contributed by atoms with Crippen LogP contribution in [-0.4, -0.2) is 61.3 Å². The smallest absolute Gasteiger partial charge is 0.405 e. The van der Waals surface area contributed by atoms with Crippen molar-refractivity contribution >= 4 is 25.8 Å². The standard InChI is InChI=1S/C20H32N4O6Si/c1-12-10-23(16-13-7-8-29-18(13)21-9-15(16)24(27)28)11-14(22-19(25)26)17(12)30-31(5,6)20(2,3)4/h9,12,14,17,22H,7-8,10-11H2,1-6H3,(H,25,26)/t12-,14+,17-/m0/s1. The summed E-state index contributed by atoms with van der Waals surface area (Å²) in [6.07, 6.45) is 0.298. The maximum absolute atomic E-state index is 11.7. The van der Waals surface area contributed by atoms with Gasteiger partial charge in [0.1, 0.15) is 11.9 Å². The van der Waals surface area contributed by atoms with E-state index in [-0.39, 0.29) is 29.3 Å². The predicted molar refractivity (Wildman–Crippen MR) is 118 cm³/mol. The third-order valence-electron chi connectivity index (χ3n) is 6.62. The zero-order chi connectivity index (χ0) is 23.1. The van der Waals surface area contributed by atoms with E-state index in [2.05, 4.69) is 44.2 Å². The lowest BCUT2D eigenvalue weighted by Gasteiger charge is -2.48. The van der Waals surface area contributed by atoms with Crippen LogP contribution in [0.3, 0.4) is 0 Å². The largest absolute Gasteiger partial charge is 0.477 e. The molecule has 3 atom stereocenters. The average Bonchev–Trinajstić information content (AvgIpc) is 3.10. The van der Waals surface area contributed by atoms with Gasteiger partial charge >= 0.3 is 11.8 Å². The number of carbonyl (C=O) groups is 1. The van der Waals surface area contributed by atoms with Crippen LogP contribution >= 0.6 is 0 Å². The summed E-state index contributed by atoms with van der Waals surface area (Å²) in [5.41, 5.74) is 1.09. The fourth-order valence-electron chi connectivity index (χ4n) is 4.05. The van der Waals surface area contributed by atoms with Crippen LogP contribution in [0.25, 0.3) is 0 Å². The van der Waals surface area contributed by atoms with Gasteiger partial charge in [0.15, 0.2) is 8.32 Å². The SMILES string of the molecule is C[C@H]1CN(c2c([N+](=O)[O-])cnc3c2CCO3)C[C@@H](NC(=O)O)[C@H]1O[Si](C)(C)C(C)(C)C. The average molecular weight is 453 g/mol. The van der Waals surface area contributed by atoms with Gasteiger partial charge in [-0.25, -0.2) is 9.78 Å². The minimum absolute atomic E-state index is 0.0281. The number of rotatable bonds is 5. The van der Waals surface area contributed by atoms with E-state index >= 15 is 0 Å². The van der Waals surface area contributed by atoms with Gasteiger partial charge < -0.3 is 24.5 Å². The van der Waals surface area contributed by atoms with E-state index in [0.717, 1.165) is 0 Å². The Morgan fingerprint density at radius 1 is 1.42 bits per heavy atom. The van der Waals surface area contributed by atoms with E-state index in [4.69, 9.17) is 9.16 Å². The Bertz CT molecular complexity index is 872. The van der Waals surface area contributed by atoms with Gasteiger partial charge in [0.05, 0.1) is 23.7 Å². The maximum Gasteiger partial charge on any atom is 0.405 e. The molecule has 1 aromatic rings. The fraction of sp³-hybridized carbons (Fsp3) is 0.700. The van der Waals surface area contributed by atoms with E-state index in [1.54, 1.807) is 0 Å².